The van der Waals surface area contributed by atoms with Gasteiger partial charge in [-0.05, 0) is 36.8 Å². The van der Waals surface area contributed by atoms with Crippen LogP contribution in [0.25, 0.3) is 6.08 Å². The van der Waals surface area contributed by atoms with E-state index in [0.29, 0.717) is 28.1 Å². The van der Waals surface area contributed by atoms with Gasteiger partial charge in [0, 0.05) is 12.1 Å². The van der Waals surface area contributed by atoms with Crippen LogP contribution < -0.4 is 4.74 Å². The third-order valence-corrected chi connectivity index (χ3v) is 5.08. The van der Waals surface area contributed by atoms with Gasteiger partial charge in [0.25, 0.3) is 5.91 Å². The fraction of sp³-hybridized carbons (Fsp3) is 0.158. The Morgan fingerprint density at radius 2 is 1.92 bits per heavy atom. The van der Waals surface area contributed by atoms with Crippen LogP contribution in [0.3, 0.4) is 0 Å². The summed E-state index contributed by atoms with van der Waals surface area (Å²) in [5.74, 6) is 0.307. The molecule has 1 saturated heterocycles. The van der Waals surface area contributed by atoms with Gasteiger partial charge >= 0.3 is 0 Å². The van der Waals surface area contributed by atoms with Gasteiger partial charge in [-0.3, -0.25) is 9.69 Å². The highest BCUT2D eigenvalue weighted by molar-refractivity contribution is 8.26. The number of carbonyl (C=O) groups excluding carboxylic acids is 1. The fourth-order valence-corrected chi connectivity index (χ4v) is 3.76. The molecule has 128 valence electrons. The normalized spacial score (nSPS) is 15.9. The highest BCUT2D eigenvalue weighted by atomic mass is 32.2. The molecule has 0 spiro atoms. The molecule has 0 saturated carbocycles. The van der Waals surface area contributed by atoms with Crippen LogP contribution in [-0.4, -0.2) is 21.7 Å². The topological polar surface area (TPSA) is 29.5 Å². The van der Waals surface area contributed by atoms with E-state index < -0.39 is 0 Å². The Hall–Kier alpha value is -2.18. The first-order valence-corrected chi connectivity index (χ1v) is 9.02. The predicted octanol–water partition coefficient (Wildman–Crippen LogP) is 4.63. The van der Waals surface area contributed by atoms with Crippen molar-refractivity contribution in [1.82, 2.24) is 4.90 Å². The molecule has 0 unspecified atom stereocenters. The molecule has 0 N–H and O–H groups in total. The Labute approximate surface area is 155 Å². The summed E-state index contributed by atoms with van der Waals surface area (Å²) in [5, 5.41) is 0. The van der Waals surface area contributed by atoms with Crippen molar-refractivity contribution in [2.24, 2.45) is 0 Å². The minimum atomic E-state index is -0.276. The molecule has 0 atom stereocenters. The van der Waals surface area contributed by atoms with Crippen LogP contribution in [0.1, 0.15) is 18.1 Å². The van der Waals surface area contributed by atoms with Crippen molar-refractivity contribution in [3.63, 3.8) is 0 Å². The second kappa shape index (κ2) is 7.80. The Morgan fingerprint density at radius 1 is 1.20 bits per heavy atom. The zero-order chi connectivity index (χ0) is 17.8. The van der Waals surface area contributed by atoms with Gasteiger partial charge in [0.1, 0.15) is 22.5 Å². The summed E-state index contributed by atoms with van der Waals surface area (Å²) in [7, 11) is 0. The van der Waals surface area contributed by atoms with Crippen molar-refractivity contribution in [3.8, 4) is 5.75 Å². The molecule has 0 aromatic heterocycles. The minimum absolute atomic E-state index is 0.0779. The van der Waals surface area contributed by atoms with E-state index in [4.69, 9.17) is 17.0 Å². The van der Waals surface area contributed by atoms with Gasteiger partial charge < -0.3 is 4.74 Å². The smallest absolute Gasteiger partial charge is 0.266 e. The summed E-state index contributed by atoms with van der Waals surface area (Å²) in [4.78, 5) is 14.5. The highest BCUT2D eigenvalue weighted by Gasteiger charge is 2.30. The predicted molar refractivity (Wildman–Crippen MR) is 103 cm³/mol. The van der Waals surface area contributed by atoms with Crippen molar-refractivity contribution < 1.29 is 13.9 Å². The van der Waals surface area contributed by atoms with E-state index in [2.05, 4.69) is 0 Å². The lowest BCUT2D eigenvalue weighted by atomic mass is 10.1. The summed E-state index contributed by atoms with van der Waals surface area (Å²) in [6.45, 7) is 2.78. The quantitative estimate of drug-likeness (QED) is 0.565. The molecule has 1 aliphatic rings. The lowest BCUT2D eigenvalue weighted by Gasteiger charge is -2.10. The number of hydrogen-bond acceptors (Lipinski definition) is 4. The molecule has 6 heteroatoms. The largest absolute Gasteiger partial charge is 0.488 e. The average Bonchev–Trinajstić information content (AvgIpc) is 2.88. The highest BCUT2D eigenvalue weighted by Crippen LogP contribution is 2.34. The summed E-state index contributed by atoms with van der Waals surface area (Å²) in [6, 6.07) is 13.7. The first-order chi connectivity index (χ1) is 12.1. The minimum Gasteiger partial charge on any atom is -0.488 e. The Kier molecular flexibility index (Phi) is 5.50. The number of para-hydroxylation sites is 1. The third kappa shape index (κ3) is 4.08. The SMILES string of the molecule is CCN1C(=O)/C(=C\c2ccccc2OCc2ccc(F)cc2)SC1=S. The van der Waals surface area contributed by atoms with E-state index in [9.17, 15) is 9.18 Å². The maximum absolute atomic E-state index is 13.0. The molecule has 1 heterocycles. The number of benzene rings is 2. The number of carbonyl (C=O) groups is 1. The van der Waals surface area contributed by atoms with Crippen LogP contribution in [-0.2, 0) is 11.4 Å². The zero-order valence-electron chi connectivity index (χ0n) is 13.6. The van der Waals surface area contributed by atoms with E-state index in [-0.39, 0.29) is 11.7 Å². The molecule has 3 nitrogen and oxygen atoms in total. The number of amides is 1. The van der Waals surface area contributed by atoms with E-state index in [0.717, 1.165) is 11.1 Å². The summed E-state index contributed by atoms with van der Waals surface area (Å²) in [5.41, 5.74) is 1.68. The molecule has 1 aliphatic heterocycles. The van der Waals surface area contributed by atoms with E-state index in [1.807, 2.05) is 31.2 Å². The fourth-order valence-electron chi connectivity index (χ4n) is 2.39. The zero-order valence-corrected chi connectivity index (χ0v) is 15.2. The Balaban J connectivity index is 1.79. The summed E-state index contributed by atoms with van der Waals surface area (Å²) >= 11 is 6.53. The maximum Gasteiger partial charge on any atom is 0.266 e. The van der Waals surface area contributed by atoms with Crippen LogP contribution in [0, 0.1) is 5.82 Å². The van der Waals surface area contributed by atoms with Crippen LogP contribution in [0.4, 0.5) is 4.39 Å². The summed E-state index contributed by atoms with van der Waals surface area (Å²) in [6.07, 6.45) is 1.80. The molecule has 0 aliphatic carbocycles. The van der Waals surface area contributed by atoms with Crippen molar-refractivity contribution in [3.05, 3.63) is 70.4 Å². The lowest BCUT2D eigenvalue weighted by Crippen LogP contribution is -2.27. The first-order valence-electron chi connectivity index (χ1n) is 7.80. The number of rotatable bonds is 5. The molecule has 25 heavy (non-hydrogen) atoms. The molecule has 0 radical (unpaired) electrons. The lowest BCUT2D eigenvalue weighted by molar-refractivity contribution is -0.121. The molecule has 0 bridgehead atoms. The van der Waals surface area contributed by atoms with Crippen molar-refractivity contribution in [2.75, 3.05) is 6.54 Å². The number of hydrogen-bond donors (Lipinski definition) is 0. The van der Waals surface area contributed by atoms with Gasteiger partial charge in [0.2, 0.25) is 0 Å². The van der Waals surface area contributed by atoms with Crippen molar-refractivity contribution >= 4 is 40.3 Å². The van der Waals surface area contributed by atoms with Gasteiger partial charge in [-0.15, -0.1) is 0 Å². The van der Waals surface area contributed by atoms with Crippen molar-refractivity contribution in [1.29, 1.82) is 0 Å². The first kappa shape index (κ1) is 17.6. The number of thioether (sulfide) groups is 1. The van der Waals surface area contributed by atoms with Crippen LogP contribution in [0.15, 0.2) is 53.4 Å². The molecule has 2 aromatic rings. The van der Waals surface area contributed by atoms with Crippen LogP contribution in [0.2, 0.25) is 0 Å². The van der Waals surface area contributed by atoms with Gasteiger partial charge in [0.05, 0.1) is 4.91 Å². The number of likely N-dealkylation sites (N-methyl/N-ethyl adjacent to an activating group) is 1. The standard InChI is InChI=1S/C19H16FNO2S2/c1-2-21-18(22)17(25-19(21)24)11-14-5-3-4-6-16(14)23-12-13-7-9-15(20)10-8-13/h3-11H,2,12H2,1H3/b17-11+. The number of thiocarbonyl (C=S) groups is 1. The van der Waals surface area contributed by atoms with E-state index in [1.165, 1.54) is 23.9 Å². The molecular weight excluding hydrogens is 357 g/mol. The number of ether oxygens (including phenoxy) is 1. The van der Waals surface area contributed by atoms with Crippen LogP contribution in [0.5, 0.6) is 5.75 Å². The number of nitrogens with zero attached hydrogens (tertiary/aromatic N) is 1. The second-order valence-electron chi connectivity index (χ2n) is 5.38. The van der Waals surface area contributed by atoms with Gasteiger partial charge in [-0.1, -0.05) is 54.3 Å². The molecule has 3 rings (SSSR count). The van der Waals surface area contributed by atoms with E-state index in [1.54, 1.807) is 23.1 Å². The Morgan fingerprint density at radius 3 is 2.60 bits per heavy atom. The second-order valence-corrected chi connectivity index (χ2v) is 7.05. The molecule has 2 aromatic carbocycles. The monoisotopic (exact) mass is 373 g/mol. The van der Waals surface area contributed by atoms with Gasteiger partial charge in [0.15, 0.2) is 0 Å². The number of halogens is 1. The van der Waals surface area contributed by atoms with Crippen LogP contribution >= 0.6 is 24.0 Å². The molecular formula is C19H16FNO2S2. The maximum atomic E-state index is 13.0. The average molecular weight is 373 g/mol. The van der Waals surface area contributed by atoms with Gasteiger partial charge in [-0.2, -0.15) is 0 Å². The third-order valence-electron chi connectivity index (χ3n) is 3.70. The molecule has 1 fully saturated rings. The van der Waals surface area contributed by atoms with Gasteiger partial charge in [-0.25, -0.2) is 4.39 Å². The Bertz CT molecular complexity index is 834. The summed E-state index contributed by atoms with van der Waals surface area (Å²) < 4.78 is 19.4. The van der Waals surface area contributed by atoms with E-state index >= 15 is 0 Å². The molecule has 1 amide bonds. The van der Waals surface area contributed by atoms with Crippen molar-refractivity contribution in [2.45, 2.75) is 13.5 Å².